The summed E-state index contributed by atoms with van der Waals surface area (Å²) >= 11 is 12.1. The second kappa shape index (κ2) is 7.47. The Morgan fingerprint density at radius 2 is 1.67 bits per heavy atom. The van der Waals surface area contributed by atoms with Gasteiger partial charge in [0.1, 0.15) is 5.75 Å². The highest BCUT2D eigenvalue weighted by atomic mass is 35.5. The largest absolute Gasteiger partial charge is 0.454 e. The van der Waals surface area contributed by atoms with Crippen molar-refractivity contribution in [2.45, 2.75) is 6.54 Å². The van der Waals surface area contributed by atoms with Crippen LogP contribution in [0.3, 0.4) is 0 Å². The number of halogens is 2. The minimum atomic E-state index is 0.476. The predicted molar refractivity (Wildman–Crippen MR) is 101 cm³/mol. The Hall–Kier alpha value is -2.36. The molecule has 3 N–H and O–H groups in total. The molecule has 0 aromatic heterocycles. The average molecular weight is 359 g/mol. The van der Waals surface area contributed by atoms with E-state index in [1.165, 1.54) is 0 Å². The fraction of sp³-hybridized carbons (Fsp3) is 0.0526. The van der Waals surface area contributed by atoms with Crippen LogP contribution >= 0.6 is 23.2 Å². The zero-order valence-electron chi connectivity index (χ0n) is 12.8. The van der Waals surface area contributed by atoms with Crippen LogP contribution in [0.4, 0.5) is 11.4 Å². The highest BCUT2D eigenvalue weighted by Gasteiger charge is 2.07. The number of nitrogen functional groups attached to an aromatic ring is 1. The number of ether oxygens (including phenoxy) is 1. The van der Waals surface area contributed by atoms with Crippen molar-refractivity contribution in [2.24, 2.45) is 0 Å². The van der Waals surface area contributed by atoms with Gasteiger partial charge in [0.15, 0.2) is 5.75 Å². The SMILES string of the molecule is Nc1cccc(Cl)c1Oc1ccc(CNc2cccc(Cl)c2)cc1. The van der Waals surface area contributed by atoms with Crippen LogP contribution in [0.25, 0.3) is 0 Å². The molecule has 3 nitrogen and oxygen atoms in total. The van der Waals surface area contributed by atoms with Gasteiger partial charge in [-0.15, -0.1) is 0 Å². The molecule has 0 heterocycles. The van der Waals surface area contributed by atoms with Gasteiger partial charge in [-0.3, -0.25) is 0 Å². The number of nitrogens with two attached hydrogens (primary N) is 1. The molecule has 0 unspecified atom stereocenters. The maximum absolute atomic E-state index is 6.12. The number of rotatable bonds is 5. The molecular formula is C19H16Cl2N2O. The molecule has 122 valence electrons. The molecule has 0 atom stereocenters. The first-order chi connectivity index (χ1) is 11.6. The van der Waals surface area contributed by atoms with Crippen LogP contribution in [0.5, 0.6) is 11.5 Å². The van der Waals surface area contributed by atoms with Crippen LogP contribution in [0.15, 0.2) is 66.7 Å². The van der Waals surface area contributed by atoms with Crippen LogP contribution in [-0.4, -0.2) is 0 Å². The monoisotopic (exact) mass is 358 g/mol. The van der Waals surface area contributed by atoms with Crippen LogP contribution in [0.1, 0.15) is 5.56 Å². The van der Waals surface area contributed by atoms with Crippen LogP contribution in [0.2, 0.25) is 10.0 Å². The first kappa shape index (κ1) is 16.5. The molecule has 0 aliphatic rings. The summed E-state index contributed by atoms with van der Waals surface area (Å²) in [6.45, 7) is 0.689. The van der Waals surface area contributed by atoms with Gasteiger partial charge in [-0.1, -0.05) is 47.5 Å². The smallest absolute Gasteiger partial charge is 0.168 e. The van der Waals surface area contributed by atoms with Crippen molar-refractivity contribution < 1.29 is 4.74 Å². The number of hydrogen-bond acceptors (Lipinski definition) is 3. The van der Waals surface area contributed by atoms with Crippen molar-refractivity contribution in [3.05, 3.63) is 82.3 Å². The zero-order chi connectivity index (χ0) is 16.9. The van der Waals surface area contributed by atoms with Gasteiger partial charge >= 0.3 is 0 Å². The van der Waals surface area contributed by atoms with Gasteiger partial charge in [-0.2, -0.15) is 0 Å². The van der Waals surface area contributed by atoms with Crippen molar-refractivity contribution >= 4 is 34.6 Å². The fourth-order valence-electron chi connectivity index (χ4n) is 2.23. The van der Waals surface area contributed by atoms with Crippen molar-refractivity contribution in [1.29, 1.82) is 0 Å². The maximum Gasteiger partial charge on any atom is 0.168 e. The molecular weight excluding hydrogens is 343 g/mol. The summed E-state index contributed by atoms with van der Waals surface area (Å²) < 4.78 is 5.78. The fourth-order valence-corrected chi connectivity index (χ4v) is 2.64. The number of benzene rings is 3. The van der Waals surface area contributed by atoms with Gasteiger partial charge in [0, 0.05) is 17.3 Å². The Balaban J connectivity index is 1.65. The number of para-hydroxylation sites is 1. The lowest BCUT2D eigenvalue weighted by atomic mass is 10.2. The average Bonchev–Trinajstić information content (AvgIpc) is 2.58. The minimum absolute atomic E-state index is 0.476. The van der Waals surface area contributed by atoms with E-state index in [-0.39, 0.29) is 0 Å². The standard InChI is InChI=1S/C19H16Cl2N2O/c20-14-3-1-4-15(11-14)23-12-13-7-9-16(10-8-13)24-19-17(21)5-2-6-18(19)22/h1-11,23H,12,22H2. The van der Waals surface area contributed by atoms with Gasteiger partial charge < -0.3 is 15.8 Å². The van der Waals surface area contributed by atoms with E-state index >= 15 is 0 Å². The second-order valence-electron chi connectivity index (χ2n) is 5.27. The Kier molecular flexibility index (Phi) is 5.14. The minimum Gasteiger partial charge on any atom is -0.454 e. The Labute approximate surface area is 151 Å². The normalized spacial score (nSPS) is 10.4. The van der Waals surface area contributed by atoms with E-state index in [0.717, 1.165) is 11.3 Å². The molecule has 24 heavy (non-hydrogen) atoms. The summed E-state index contributed by atoms with van der Waals surface area (Å²) in [4.78, 5) is 0. The van der Waals surface area contributed by atoms with Crippen molar-refractivity contribution in [3.63, 3.8) is 0 Å². The molecule has 3 rings (SSSR count). The molecule has 3 aromatic rings. The molecule has 0 amide bonds. The van der Waals surface area contributed by atoms with Crippen molar-refractivity contribution in [2.75, 3.05) is 11.1 Å². The predicted octanol–water partition coefficient (Wildman–Crippen LogP) is 5.98. The van der Waals surface area contributed by atoms with E-state index in [1.807, 2.05) is 48.5 Å². The Bertz CT molecular complexity index is 815. The Morgan fingerprint density at radius 1 is 0.917 bits per heavy atom. The van der Waals surface area contributed by atoms with E-state index in [0.29, 0.717) is 33.8 Å². The van der Waals surface area contributed by atoms with Crippen LogP contribution in [-0.2, 0) is 6.54 Å². The summed E-state index contributed by atoms with van der Waals surface area (Å²) in [6.07, 6.45) is 0. The van der Waals surface area contributed by atoms with Crippen molar-refractivity contribution in [1.82, 2.24) is 0 Å². The Morgan fingerprint density at radius 3 is 2.38 bits per heavy atom. The van der Waals surface area contributed by atoms with E-state index in [4.69, 9.17) is 33.7 Å². The van der Waals surface area contributed by atoms with E-state index in [2.05, 4.69) is 5.32 Å². The van der Waals surface area contributed by atoms with Gasteiger partial charge in [-0.05, 0) is 48.0 Å². The summed E-state index contributed by atoms with van der Waals surface area (Å²) in [5.41, 5.74) is 8.50. The molecule has 0 fully saturated rings. The second-order valence-corrected chi connectivity index (χ2v) is 6.11. The molecule has 0 saturated heterocycles. The lowest BCUT2D eigenvalue weighted by Crippen LogP contribution is -1.99. The van der Waals surface area contributed by atoms with Gasteiger partial charge in [-0.25, -0.2) is 0 Å². The highest BCUT2D eigenvalue weighted by molar-refractivity contribution is 6.32. The molecule has 5 heteroatoms. The number of nitrogens with one attached hydrogen (secondary N) is 1. The molecule has 3 aromatic carbocycles. The number of anilines is 2. The zero-order valence-corrected chi connectivity index (χ0v) is 14.3. The molecule has 0 saturated carbocycles. The van der Waals surface area contributed by atoms with Gasteiger partial charge in [0.05, 0.1) is 10.7 Å². The first-order valence-electron chi connectivity index (χ1n) is 7.42. The molecule has 0 bridgehead atoms. The lowest BCUT2D eigenvalue weighted by molar-refractivity contribution is 0.485. The van der Waals surface area contributed by atoms with E-state index in [9.17, 15) is 0 Å². The third-order valence-electron chi connectivity index (χ3n) is 3.46. The summed E-state index contributed by atoms with van der Waals surface area (Å²) in [6, 6.07) is 20.7. The molecule has 0 aliphatic carbocycles. The number of hydrogen-bond donors (Lipinski definition) is 2. The van der Waals surface area contributed by atoms with Crippen LogP contribution in [0, 0.1) is 0 Å². The summed E-state index contributed by atoms with van der Waals surface area (Å²) in [7, 11) is 0. The van der Waals surface area contributed by atoms with E-state index < -0.39 is 0 Å². The molecule has 0 radical (unpaired) electrons. The summed E-state index contributed by atoms with van der Waals surface area (Å²) in [5.74, 6) is 1.16. The molecule has 0 aliphatic heterocycles. The topological polar surface area (TPSA) is 47.3 Å². The van der Waals surface area contributed by atoms with Gasteiger partial charge in [0.2, 0.25) is 0 Å². The van der Waals surface area contributed by atoms with E-state index in [1.54, 1.807) is 18.2 Å². The first-order valence-corrected chi connectivity index (χ1v) is 8.17. The summed E-state index contributed by atoms with van der Waals surface area (Å²) in [5, 5.41) is 4.52. The third kappa shape index (κ3) is 4.13. The quantitative estimate of drug-likeness (QED) is 0.551. The maximum atomic E-state index is 6.12. The van der Waals surface area contributed by atoms with Gasteiger partial charge in [0.25, 0.3) is 0 Å². The molecule has 0 spiro atoms. The van der Waals surface area contributed by atoms with Crippen molar-refractivity contribution in [3.8, 4) is 11.5 Å². The lowest BCUT2D eigenvalue weighted by Gasteiger charge is -2.11. The highest BCUT2D eigenvalue weighted by Crippen LogP contribution is 2.34. The van der Waals surface area contributed by atoms with Crippen LogP contribution < -0.4 is 15.8 Å². The third-order valence-corrected chi connectivity index (χ3v) is 3.99.